The van der Waals surface area contributed by atoms with E-state index in [0.29, 0.717) is 12.0 Å². The molecule has 0 aliphatic carbocycles. The number of hydrogen-bond acceptors (Lipinski definition) is 6. The zero-order valence-corrected chi connectivity index (χ0v) is 15.8. The molecule has 1 fully saturated rings. The van der Waals surface area contributed by atoms with Gasteiger partial charge in [-0.2, -0.15) is 0 Å². The molecule has 0 amide bonds. The first-order valence-electron chi connectivity index (χ1n) is 9.65. The summed E-state index contributed by atoms with van der Waals surface area (Å²) in [7, 11) is 0. The molecule has 2 aromatic rings. The maximum atomic E-state index is 10.7. The van der Waals surface area contributed by atoms with Crippen LogP contribution in [0.2, 0.25) is 0 Å². The van der Waals surface area contributed by atoms with E-state index in [4.69, 9.17) is 9.47 Å². The Morgan fingerprint density at radius 1 is 0.964 bits per heavy atom. The van der Waals surface area contributed by atoms with Crippen LogP contribution in [0.1, 0.15) is 34.7 Å². The van der Waals surface area contributed by atoms with Crippen LogP contribution in [-0.2, 0) is 34.7 Å². The standard InChI is InChI=1S/C22H26O6/c1-2-13-3-5-14(6-4-13)9-15-7-8-16-12-27-22(17(16)10-15)21(26)20(25)19(24)18(11-23)28-22/h3-8,10,18-21,23-26H,2,9,11-12H2,1H3/t18?,19-,20+,21-,22+/m1/s1. The Morgan fingerprint density at radius 2 is 1.64 bits per heavy atom. The summed E-state index contributed by atoms with van der Waals surface area (Å²) < 4.78 is 11.6. The Labute approximate surface area is 164 Å². The first kappa shape index (κ1) is 19.5. The fourth-order valence-corrected chi connectivity index (χ4v) is 4.06. The molecule has 2 aliphatic rings. The van der Waals surface area contributed by atoms with Crippen molar-refractivity contribution in [3.63, 3.8) is 0 Å². The highest BCUT2D eigenvalue weighted by Gasteiger charge is 2.58. The van der Waals surface area contributed by atoms with Gasteiger partial charge in [0.15, 0.2) is 0 Å². The number of aliphatic hydroxyl groups is 4. The molecule has 2 aliphatic heterocycles. The fourth-order valence-electron chi connectivity index (χ4n) is 4.06. The van der Waals surface area contributed by atoms with Crippen LogP contribution in [-0.4, -0.2) is 51.4 Å². The summed E-state index contributed by atoms with van der Waals surface area (Å²) in [5, 5.41) is 40.5. The maximum absolute atomic E-state index is 10.7. The predicted octanol–water partition coefficient (Wildman–Crippen LogP) is 0.997. The number of aliphatic hydroxyl groups excluding tert-OH is 4. The monoisotopic (exact) mass is 386 g/mol. The Morgan fingerprint density at radius 3 is 2.32 bits per heavy atom. The highest BCUT2D eigenvalue weighted by atomic mass is 16.7. The van der Waals surface area contributed by atoms with Gasteiger partial charge in [0, 0.05) is 5.56 Å². The number of fused-ring (bicyclic) bond motifs is 2. The van der Waals surface area contributed by atoms with Gasteiger partial charge in [0.2, 0.25) is 5.79 Å². The highest BCUT2D eigenvalue weighted by Crippen LogP contribution is 2.46. The summed E-state index contributed by atoms with van der Waals surface area (Å²) in [6.07, 6.45) is -3.69. The Hall–Kier alpha value is -1.80. The SMILES string of the molecule is CCc1ccc(Cc2ccc3c(c2)[C@]2(OC3)OC(CO)[C@@H](O)[C@H](O)[C@H]2O)cc1. The van der Waals surface area contributed by atoms with Crippen LogP contribution in [0.4, 0.5) is 0 Å². The van der Waals surface area contributed by atoms with Gasteiger partial charge in [-0.25, -0.2) is 0 Å². The molecule has 28 heavy (non-hydrogen) atoms. The number of aryl methyl sites for hydroxylation is 1. The lowest BCUT2D eigenvalue weighted by Crippen LogP contribution is -2.63. The van der Waals surface area contributed by atoms with E-state index in [0.717, 1.165) is 17.5 Å². The van der Waals surface area contributed by atoms with E-state index in [1.165, 1.54) is 11.1 Å². The topological polar surface area (TPSA) is 99.4 Å². The van der Waals surface area contributed by atoms with Crippen LogP contribution >= 0.6 is 0 Å². The van der Waals surface area contributed by atoms with E-state index in [1.54, 1.807) is 0 Å². The molecule has 0 radical (unpaired) electrons. The molecule has 4 N–H and O–H groups in total. The molecule has 5 atom stereocenters. The second-order valence-electron chi connectivity index (χ2n) is 7.56. The zero-order valence-electron chi connectivity index (χ0n) is 15.8. The van der Waals surface area contributed by atoms with Crippen molar-refractivity contribution in [2.75, 3.05) is 6.61 Å². The Balaban J connectivity index is 1.66. The van der Waals surface area contributed by atoms with E-state index >= 15 is 0 Å². The van der Waals surface area contributed by atoms with Crippen LogP contribution in [0, 0.1) is 0 Å². The number of ether oxygens (including phenoxy) is 2. The minimum absolute atomic E-state index is 0.221. The number of benzene rings is 2. The van der Waals surface area contributed by atoms with Gasteiger partial charge < -0.3 is 29.9 Å². The van der Waals surface area contributed by atoms with Crippen LogP contribution < -0.4 is 0 Å². The lowest BCUT2D eigenvalue weighted by atomic mass is 9.86. The maximum Gasteiger partial charge on any atom is 0.225 e. The largest absolute Gasteiger partial charge is 0.394 e. The van der Waals surface area contributed by atoms with Crippen LogP contribution in [0.15, 0.2) is 42.5 Å². The molecule has 2 heterocycles. The van der Waals surface area contributed by atoms with Crippen molar-refractivity contribution in [3.8, 4) is 0 Å². The van der Waals surface area contributed by atoms with Crippen LogP contribution in [0.25, 0.3) is 0 Å². The van der Waals surface area contributed by atoms with Gasteiger partial charge in [0.1, 0.15) is 24.4 Å². The van der Waals surface area contributed by atoms with Gasteiger partial charge in [-0.05, 0) is 41.2 Å². The van der Waals surface area contributed by atoms with E-state index in [-0.39, 0.29) is 6.61 Å². The van der Waals surface area contributed by atoms with Gasteiger partial charge in [-0.15, -0.1) is 0 Å². The summed E-state index contributed by atoms with van der Waals surface area (Å²) in [6, 6.07) is 14.3. The average molecular weight is 386 g/mol. The molecule has 0 saturated carbocycles. The van der Waals surface area contributed by atoms with Gasteiger partial charge >= 0.3 is 0 Å². The summed E-state index contributed by atoms with van der Waals surface area (Å²) in [5.74, 6) is -1.59. The summed E-state index contributed by atoms with van der Waals surface area (Å²) in [5.41, 5.74) is 4.95. The average Bonchev–Trinajstić information content (AvgIpc) is 3.08. The van der Waals surface area contributed by atoms with Gasteiger partial charge in [-0.1, -0.05) is 43.3 Å². The third kappa shape index (κ3) is 3.16. The summed E-state index contributed by atoms with van der Waals surface area (Å²) in [4.78, 5) is 0. The van der Waals surface area contributed by atoms with E-state index in [9.17, 15) is 20.4 Å². The zero-order chi connectivity index (χ0) is 19.9. The molecular weight excluding hydrogens is 360 g/mol. The number of rotatable bonds is 4. The molecule has 1 unspecified atom stereocenters. The Bertz CT molecular complexity index is 833. The van der Waals surface area contributed by atoms with Gasteiger partial charge in [0.05, 0.1) is 13.2 Å². The molecule has 1 saturated heterocycles. The quantitative estimate of drug-likeness (QED) is 0.626. The molecule has 6 nitrogen and oxygen atoms in total. The van der Waals surface area contributed by atoms with Crippen molar-refractivity contribution in [3.05, 3.63) is 70.3 Å². The summed E-state index contributed by atoms with van der Waals surface area (Å²) in [6.45, 7) is 1.85. The normalized spacial score (nSPS) is 31.9. The van der Waals surface area contributed by atoms with E-state index in [2.05, 4.69) is 31.2 Å². The molecule has 4 rings (SSSR count). The van der Waals surface area contributed by atoms with Crippen LogP contribution in [0.3, 0.4) is 0 Å². The summed E-state index contributed by atoms with van der Waals surface area (Å²) >= 11 is 0. The molecule has 0 bridgehead atoms. The predicted molar refractivity (Wildman–Crippen MR) is 102 cm³/mol. The third-order valence-electron chi connectivity index (χ3n) is 5.78. The van der Waals surface area contributed by atoms with Crippen molar-refractivity contribution in [2.45, 2.75) is 56.6 Å². The lowest BCUT2D eigenvalue weighted by molar-refractivity contribution is -0.368. The van der Waals surface area contributed by atoms with Gasteiger partial charge in [-0.3, -0.25) is 0 Å². The molecule has 0 aromatic heterocycles. The molecule has 2 aromatic carbocycles. The second kappa shape index (κ2) is 7.55. The van der Waals surface area contributed by atoms with Crippen molar-refractivity contribution in [2.24, 2.45) is 0 Å². The van der Waals surface area contributed by atoms with Crippen molar-refractivity contribution >= 4 is 0 Å². The van der Waals surface area contributed by atoms with E-state index in [1.807, 2.05) is 18.2 Å². The minimum atomic E-state index is -1.59. The van der Waals surface area contributed by atoms with Gasteiger partial charge in [0.25, 0.3) is 0 Å². The first-order chi connectivity index (χ1) is 13.5. The number of hydrogen-bond donors (Lipinski definition) is 4. The molecule has 150 valence electrons. The van der Waals surface area contributed by atoms with E-state index < -0.39 is 36.8 Å². The Kier molecular flexibility index (Phi) is 5.26. The third-order valence-corrected chi connectivity index (χ3v) is 5.78. The van der Waals surface area contributed by atoms with Crippen LogP contribution in [0.5, 0.6) is 0 Å². The minimum Gasteiger partial charge on any atom is -0.394 e. The smallest absolute Gasteiger partial charge is 0.225 e. The fraction of sp³-hybridized carbons (Fsp3) is 0.455. The molecular formula is C22H26O6. The second-order valence-corrected chi connectivity index (χ2v) is 7.56. The first-order valence-corrected chi connectivity index (χ1v) is 9.65. The van der Waals surface area contributed by atoms with Crippen molar-refractivity contribution < 1.29 is 29.9 Å². The lowest BCUT2D eigenvalue weighted by Gasteiger charge is -2.46. The molecule has 1 spiro atoms. The van der Waals surface area contributed by atoms with Crippen molar-refractivity contribution in [1.82, 2.24) is 0 Å². The molecule has 6 heteroatoms. The van der Waals surface area contributed by atoms with Crippen molar-refractivity contribution in [1.29, 1.82) is 0 Å². The highest BCUT2D eigenvalue weighted by molar-refractivity contribution is 5.41.